The van der Waals surface area contributed by atoms with Crippen molar-refractivity contribution in [2.24, 2.45) is 0 Å². The summed E-state index contributed by atoms with van der Waals surface area (Å²) in [6, 6.07) is 3.58. The van der Waals surface area contributed by atoms with E-state index in [2.05, 4.69) is 5.32 Å². The molecule has 0 aliphatic rings. The number of hydrogen-bond acceptors (Lipinski definition) is 2. The molecule has 14 heavy (non-hydrogen) atoms. The van der Waals surface area contributed by atoms with Gasteiger partial charge in [-0.15, -0.1) is 0 Å². The Balaban J connectivity index is 2.93. The lowest BCUT2D eigenvalue weighted by Gasteiger charge is -2.10. The first-order chi connectivity index (χ1) is 6.69. The molecule has 0 atom stereocenters. The third kappa shape index (κ3) is 2.69. The lowest BCUT2D eigenvalue weighted by atomic mass is 10.3. The average molecular weight is 234 g/mol. The van der Waals surface area contributed by atoms with E-state index in [1.165, 1.54) is 0 Å². The van der Waals surface area contributed by atoms with Crippen molar-refractivity contribution < 1.29 is 4.74 Å². The quantitative estimate of drug-likeness (QED) is 0.854. The molecule has 1 aromatic carbocycles. The van der Waals surface area contributed by atoms with Gasteiger partial charge in [-0.25, -0.2) is 0 Å². The van der Waals surface area contributed by atoms with Crippen LogP contribution in [0.1, 0.15) is 13.3 Å². The Bertz CT molecular complexity index is 292. The molecular formula is C10H13Cl2NO. The van der Waals surface area contributed by atoms with Crippen LogP contribution in [0.4, 0.5) is 5.69 Å². The molecule has 0 spiro atoms. The van der Waals surface area contributed by atoms with Crippen molar-refractivity contribution in [1.82, 2.24) is 0 Å². The summed E-state index contributed by atoms with van der Waals surface area (Å²) in [5.74, 6) is 0.564. The third-order valence-corrected chi connectivity index (χ3v) is 2.30. The van der Waals surface area contributed by atoms with Gasteiger partial charge in [0.15, 0.2) is 5.75 Å². The standard InChI is InChI=1S/C10H13Cl2NO/c1-3-4-14-10-8(11)5-7(13-2)6-9(10)12/h5-6,13H,3-4H2,1-2H3. The van der Waals surface area contributed by atoms with Gasteiger partial charge in [0.2, 0.25) is 0 Å². The normalized spacial score (nSPS) is 10.0. The van der Waals surface area contributed by atoms with Gasteiger partial charge in [0.1, 0.15) is 0 Å². The van der Waals surface area contributed by atoms with E-state index in [0.29, 0.717) is 22.4 Å². The Morgan fingerprint density at radius 1 is 1.29 bits per heavy atom. The Kier molecular flexibility index (Phi) is 4.36. The van der Waals surface area contributed by atoms with Crippen molar-refractivity contribution >= 4 is 28.9 Å². The minimum atomic E-state index is 0.537. The zero-order valence-electron chi connectivity index (χ0n) is 8.23. The van der Waals surface area contributed by atoms with Crippen molar-refractivity contribution in [2.45, 2.75) is 13.3 Å². The van der Waals surface area contributed by atoms with E-state index < -0.39 is 0 Å². The van der Waals surface area contributed by atoms with Crippen molar-refractivity contribution in [1.29, 1.82) is 0 Å². The molecule has 0 saturated heterocycles. The van der Waals surface area contributed by atoms with E-state index >= 15 is 0 Å². The summed E-state index contributed by atoms with van der Waals surface area (Å²) >= 11 is 12.0. The summed E-state index contributed by atoms with van der Waals surface area (Å²) in [6.45, 7) is 2.65. The molecule has 0 heterocycles. The average Bonchev–Trinajstić information content (AvgIpc) is 2.16. The first-order valence-electron chi connectivity index (χ1n) is 4.48. The van der Waals surface area contributed by atoms with Gasteiger partial charge >= 0.3 is 0 Å². The number of benzene rings is 1. The molecule has 0 unspecified atom stereocenters. The first kappa shape index (κ1) is 11.5. The second-order valence-corrected chi connectivity index (χ2v) is 3.68. The van der Waals surface area contributed by atoms with Gasteiger partial charge in [-0.05, 0) is 18.6 Å². The number of anilines is 1. The Hall–Kier alpha value is -0.600. The van der Waals surface area contributed by atoms with Gasteiger partial charge in [-0.3, -0.25) is 0 Å². The summed E-state index contributed by atoms with van der Waals surface area (Å²) in [4.78, 5) is 0. The summed E-state index contributed by atoms with van der Waals surface area (Å²) in [7, 11) is 1.81. The lowest BCUT2D eigenvalue weighted by molar-refractivity contribution is 0.318. The van der Waals surface area contributed by atoms with E-state index in [1.807, 2.05) is 14.0 Å². The van der Waals surface area contributed by atoms with Gasteiger partial charge in [0.05, 0.1) is 16.7 Å². The smallest absolute Gasteiger partial charge is 0.156 e. The molecule has 1 N–H and O–H groups in total. The maximum absolute atomic E-state index is 6.00. The summed E-state index contributed by atoms with van der Waals surface area (Å²) in [5, 5.41) is 4.04. The fourth-order valence-corrected chi connectivity index (χ4v) is 1.64. The molecule has 0 saturated carbocycles. The molecule has 0 fully saturated rings. The van der Waals surface area contributed by atoms with Crippen LogP contribution >= 0.6 is 23.2 Å². The van der Waals surface area contributed by atoms with Gasteiger partial charge in [0, 0.05) is 12.7 Å². The van der Waals surface area contributed by atoms with Crippen molar-refractivity contribution in [2.75, 3.05) is 19.0 Å². The van der Waals surface area contributed by atoms with E-state index in [9.17, 15) is 0 Å². The molecular weight excluding hydrogens is 221 g/mol. The van der Waals surface area contributed by atoms with Crippen LogP contribution < -0.4 is 10.1 Å². The number of halogens is 2. The highest BCUT2D eigenvalue weighted by atomic mass is 35.5. The largest absolute Gasteiger partial charge is 0.490 e. The van der Waals surface area contributed by atoms with Gasteiger partial charge in [0.25, 0.3) is 0 Å². The molecule has 0 bridgehead atoms. The Labute approximate surface area is 94.2 Å². The number of hydrogen-bond donors (Lipinski definition) is 1. The van der Waals surface area contributed by atoms with Crippen molar-refractivity contribution in [3.8, 4) is 5.75 Å². The predicted octanol–water partition coefficient (Wildman–Crippen LogP) is 3.82. The lowest BCUT2D eigenvalue weighted by Crippen LogP contribution is -1.97. The minimum Gasteiger partial charge on any atom is -0.490 e. The molecule has 1 aromatic rings. The van der Waals surface area contributed by atoms with Gasteiger partial charge < -0.3 is 10.1 Å². The van der Waals surface area contributed by atoms with Crippen LogP contribution in [-0.4, -0.2) is 13.7 Å². The highest BCUT2D eigenvalue weighted by Gasteiger charge is 2.08. The predicted molar refractivity (Wildman–Crippen MR) is 61.8 cm³/mol. The first-order valence-corrected chi connectivity index (χ1v) is 5.24. The highest BCUT2D eigenvalue weighted by molar-refractivity contribution is 6.37. The van der Waals surface area contributed by atoms with Crippen molar-refractivity contribution in [3.63, 3.8) is 0 Å². The highest BCUT2D eigenvalue weighted by Crippen LogP contribution is 2.35. The Morgan fingerprint density at radius 3 is 2.29 bits per heavy atom. The third-order valence-electron chi connectivity index (χ3n) is 1.74. The molecule has 0 radical (unpaired) electrons. The maximum atomic E-state index is 6.00. The van der Waals surface area contributed by atoms with Gasteiger partial charge in [-0.1, -0.05) is 30.1 Å². The molecule has 0 aliphatic carbocycles. The van der Waals surface area contributed by atoms with Crippen LogP contribution in [0.3, 0.4) is 0 Å². The molecule has 0 aromatic heterocycles. The number of ether oxygens (including phenoxy) is 1. The monoisotopic (exact) mass is 233 g/mol. The van der Waals surface area contributed by atoms with Crippen LogP contribution in [0.5, 0.6) is 5.75 Å². The maximum Gasteiger partial charge on any atom is 0.156 e. The fourth-order valence-electron chi connectivity index (χ4n) is 1.05. The summed E-state index contributed by atoms with van der Waals surface area (Å²) < 4.78 is 5.42. The molecule has 0 amide bonds. The van der Waals surface area contributed by atoms with E-state index in [-0.39, 0.29) is 0 Å². The van der Waals surface area contributed by atoms with Crippen LogP contribution in [0.15, 0.2) is 12.1 Å². The molecule has 0 aliphatic heterocycles. The van der Waals surface area contributed by atoms with Crippen LogP contribution in [0.25, 0.3) is 0 Å². The summed E-state index contributed by atoms with van der Waals surface area (Å²) in [6.07, 6.45) is 0.931. The number of nitrogens with one attached hydrogen (secondary N) is 1. The molecule has 4 heteroatoms. The van der Waals surface area contributed by atoms with E-state index in [0.717, 1.165) is 12.1 Å². The fraction of sp³-hybridized carbons (Fsp3) is 0.400. The number of rotatable bonds is 4. The second-order valence-electron chi connectivity index (χ2n) is 2.87. The van der Waals surface area contributed by atoms with Crippen LogP contribution in [0.2, 0.25) is 10.0 Å². The van der Waals surface area contributed by atoms with E-state index in [1.54, 1.807) is 12.1 Å². The second kappa shape index (κ2) is 5.32. The van der Waals surface area contributed by atoms with E-state index in [4.69, 9.17) is 27.9 Å². The zero-order valence-corrected chi connectivity index (χ0v) is 9.74. The molecule has 78 valence electrons. The SMILES string of the molecule is CCCOc1c(Cl)cc(NC)cc1Cl. The minimum absolute atomic E-state index is 0.537. The topological polar surface area (TPSA) is 21.3 Å². The zero-order chi connectivity index (χ0) is 10.6. The molecule has 2 nitrogen and oxygen atoms in total. The Morgan fingerprint density at radius 2 is 1.86 bits per heavy atom. The molecule has 1 rings (SSSR count). The van der Waals surface area contributed by atoms with Gasteiger partial charge in [-0.2, -0.15) is 0 Å². The van der Waals surface area contributed by atoms with Crippen molar-refractivity contribution in [3.05, 3.63) is 22.2 Å². The summed E-state index contributed by atoms with van der Waals surface area (Å²) in [5.41, 5.74) is 0.879. The van der Waals surface area contributed by atoms with Crippen LogP contribution in [0, 0.1) is 0 Å². The van der Waals surface area contributed by atoms with Crippen LogP contribution in [-0.2, 0) is 0 Å².